The second-order valence-electron chi connectivity index (χ2n) is 4.10. The van der Waals surface area contributed by atoms with E-state index in [4.69, 9.17) is 9.84 Å². The minimum Gasteiger partial charge on any atom is -0.481 e. The third-order valence-corrected chi connectivity index (χ3v) is 3.70. The van der Waals surface area contributed by atoms with E-state index in [1.54, 1.807) is 18.5 Å². The van der Waals surface area contributed by atoms with Crippen molar-refractivity contribution in [1.29, 1.82) is 0 Å². The number of rotatable bonds is 4. The molecule has 2 heterocycles. The summed E-state index contributed by atoms with van der Waals surface area (Å²) in [7, 11) is 0. The number of hydrogen-bond donors (Lipinski definition) is 2. The summed E-state index contributed by atoms with van der Waals surface area (Å²) in [6, 6.07) is -0.790. The number of carboxylic acid groups (broad SMARTS) is 1. The van der Waals surface area contributed by atoms with Crippen molar-refractivity contribution in [2.24, 2.45) is 5.92 Å². The Kier molecular flexibility index (Phi) is 4.33. The highest BCUT2D eigenvalue weighted by Crippen LogP contribution is 2.21. The van der Waals surface area contributed by atoms with Gasteiger partial charge in [0, 0.05) is 18.1 Å². The van der Waals surface area contributed by atoms with Gasteiger partial charge in [-0.1, -0.05) is 0 Å². The lowest BCUT2D eigenvalue weighted by atomic mass is 10.0. The smallest absolute Gasteiger partial charge is 0.323 e. The molecule has 0 aliphatic carbocycles. The van der Waals surface area contributed by atoms with E-state index >= 15 is 0 Å². The van der Waals surface area contributed by atoms with Crippen molar-refractivity contribution in [2.45, 2.75) is 13.0 Å². The summed E-state index contributed by atoms with van der Waals surface area (Å²) >= 11 is 1.31. The van der Waals surface area contributed by atoms with E-state index in [-0.39, 0.29) is 19.2 Å². The number of urea groups is 1. The van der Waals surface area contributed by atoms with Crippen LogP contribution in [-0.2, 0) is 9.53 Å². The molecule has 8 heteroatoms. The first-order chi connectivity index (χ1) is 9.13. The summed E-state index contributed by atoms with van der Waals surface area (Å²) in [6.07, 6.45) is 1.59. The van der Waals surface area contributed by atoms with Crippen LogP contribution in [0.4, 0.5) is 9.93 Å². The van der Waals surface area contributed by atoms with Gasteiger partial charge in [0.25, 0.3) is 0 Å². The molecule has 1 aromatic heterocycles. The third-order valence-electron chi connectivity index (χ3n) is 3.02. The molecule has 7 nitrogen and oxygen atoms in total. The standard InChI is InChI=1S/C11H15N3O4S/c1-2-14(8-6-18-5-7(8)9(15)16)11(17)13-10-12-3-4-19-10/h3-4,7-8H,2,5-6H2,1H3,(H,15,16)(H,12,13,17). The first-order valence-electron chi connectivity index (χ1n) is 5.91. The van der Waals surface area contributed by atoms with Crippen molar-refractivity contribution in [3.8, 4) is 0 Å². The van der Waals surface area contributed by atoms with Crippen LogP contribution in [0.3, 0.4) is 0 Å². The molecular formula is C11H15N3O4S. The quantitative estimate of drug-likeness (QED) is 0.864. The zero-order valence-electron chi connectivity index (χ0n) is 10.4. The molecule has 0 aromatic carbocycles. The maximum atomic E-state index is 12.1. The van der Waals surface area contributed by atoms with Gasteiger partial charge in [0.1, 0.15) is 5.92 Å². The monoisotopic (exact) mass is 285 g/mol. The Morgan fingerprint density at radius 2 is 2.42 bits per heavy atom. The van der Waals surface area contributed by atoms with Gasteiger partial charge in [0.15, 0.2) is 5.13 Å². The van der Waals surface area contributed by atoms with E-state index in [2.05, 4.69) is 10.3 Å². The van der Waals surface area contributed by atoms with Crippen LogP contribution < -0.4 is 5.32 Å². The number of amides is 2. The Bertz CT molecular complexity index is 451. The third kappa shape index (κ3) is 3.02. The number of nitrogens with zero attached hydrogens (tertiary/aromatic N) is 2. The van der Waals surface area contributed by atoms with Gasteiger partial charge in [0.2, 0.25) is 0 Å². The Hall–Kier alpha value is -1.67. The number of nitrogens with one attached hydrogen (secondary N) is 1. The van der Waals surface area contributed by atoms with Gasteiger partial charge in [-0.05, 0) is 6.92 Å². The average Bonchev–Trinajstić information content (AvgIpc) is 3.00. The fourth-order valence-corrected chi connectivity index (χ4v) is 2.58. The average molecular weight is 285 g/mol. The molecule has 1 aliphatic rings. The number of ether oxygens (including phenoxy) is 1. The normalized spacial score (nSPS) is 22.2. The number of aromatic nitrogens is 1. The topological polar surface area (TPSA) is 91.8 Å². The SMILES string of the molecule is CCN(C(=O)Nc1nccs1)C1COCC1C(=O)O. The van der Waals surface area contributed by atoms with Crippen LogP contribution in [0.2, 0.25) is 0 Å². The summed E-state index contributed by atoms with van der Waals surface area (Å²) in [4.78, 5) is 28.7. The van der Waals surface area contributed by atoms with Crippen LogP contribution in [0.5, 0.6) is 0 Å². The molecule has 2 N–H and O–H groups in total. The molecule has 19 heavy (non-hydrogen) atoms. The Morgan fingerprint density at radius 1 is 1.63 bits per heavy atom. The molecule has 2 amide bonds. The number of carbonyl (C=O) groups excluding carboxylic acids is 1. The molecule has 104 valence electrons. The van der Waals surface area contributed by atoms with E-state index in [1.165, 1.54) is 16.2 Å². The number of carboxylic acids is 1. The molecule has 1 fully saturated rings. The summed E-state index contributed by atoms with van der Waals surface area (Å²) in [5.41, 5.74) is 0. The van der Waals surface area contributed by atoms with Crippen molar-refractivity contribution in [2.75, 3.05) is 25.1 Å². The number of likely N-dealkylation sites (N-methyl/N-ethyl adjacent to an activating group) is 1. The number of anilines is 1. The van der Waals surface area contributed by atoms with Crippen LogP contribution >= 0.6 is 11.3 Å². The predicted molar refractivity (Wildman–Crippen MR) is 69.2 cm³/mol. The van der Waals surface area contributed by atoms with Crippen molar-refractivity contribution in [3.63, 3.8) is 0 Å². The second-order valence-corrected chi connectivity index (χ2v) is 5.00. The van der Waals surface area contributed by atoms with E-state index in [1.807, 2.05) is 0 Å². The van der Waals surface area contributed by atoms with Crippen LogP contribution in [0, 0.1) is 5.92 Å². The molecule has 2 atom stereocenters. The minimum atomic E-state index is -0.942. The van der Waals surface area contributed by atoms with Crippen molar-refractivity contribution < 1.29 is 19.4 Å². The maximum Gasteiger partial charge on any atom is 0.323 e. The zero-order chi connectivity index (χ0) is 13.8. The van der Waals surface area contributed by atoms with Crippen molar-refractivity contribution >= 4 is 28.5 Å². The molecule has 0 bridgehead atoms. The highest BCUT2D eigenvalue weighted by Gasteiger charge is 2.39. The second kappa shape index (κ2) is 5.98. The first-order valence-corrected chi connectivity index (χ1v) is 6.79. The van der Waals surface area contributed by atoms with Crippen LogP contribution in [0.15, 0.2) is 11.6 Å². The summed E-state index contributed by atoms with van der Waals surface area (Å²) in [5, 5.41) is 14.0. The van der Waals surface area contributed by atoms with E-state index in [9.17, 15) is 9.59 Å². The maximum absolute atomic E-state index is 12.1. The van der Waals surface area contributed by atoms with Gasteiger partial charge in [-0.3, -0.25) is 10.1 Å². The molecule has 2 rings (SSSR count). The number of aliphatic carboxylic acids is 1. The fraction of sp³-hybridized carbons (Fsp3) is 0.545. The number of thiazole rings is 1. The van der Waals surface area contributed by atoms with Gasteiger partial charge in [-0.2, -0.15) is 0 Å². The largest absolute Gasteiger partial charge is 0.481 e. The lowest BCUT2D eigenvalue weighted by molar-refractivity contribution is -0.142. The molecule has 1 saturated heterocycles. The summed E-state index contributed by atoms with van der Waals surface area (Å²) < 4.78 is 5.18. The molecule has 0 spiro atoms. The molecule has 2 unspecified atom stereocenters. The van der Waals surface area contributed by atoms with E-state index < -0.39 is 17.9 Å². The first kappa shape index (κ1) is 13.8. The summed E-state index contributed by atoms with van der Waals surface area (Å²) in [5.74, 6) is -1.62. The Morgan fingerprint density at radius 3 is 3.00 bits per heavy atom. The minimum absolute atomic E-state index is 0.140. The number of carbonyl (C=O) groups is 2. The molecule has 0 radical (unpaired) electrons. The van der Waals surface area contributed by atoms with Crippen molar-refractivity contribution in [1.82, 2.24) is 9.88 Å². The molecular weight excluding hydrogens is 270 g/mol. The van der Waals surface area contributed by atoms with Gasteiger partial charge < -0.3 is 14.7 Å². The molecule has 0 saturated carbocycles. The van der Waals surface area contributed by atoms with Gasteiger partial charge >= 0.3 is 12.0 Å². The van der Waals surface area contributed by atoms with Gasteiger partial charge in [0.05, 0.1) is 19.3 Å². The van der Waals surface area contributed by atoms with Gasteiger partial charge in [-0.15, -0.1) is 11.3 Å². The van der Waals surface area contributed by atoms with Crippen molar-refractivity contribution in [3.05, 3.63) is 11.6 Å². The highest BCUT2D eigenvalue weighted by molar-refractivity contribution is 7.13. The Balaban J connectivity index is 2.06. The van der Waals surface area contributed by atoms with Crippen LogP contribution in [0.25, 0.3) is 0 Å². The summed E-state index contributed by atoms with van der Waals surface area (Å²) in [6.45, 7) is 2.60. The van der Waals surface area contributed by atoms with Gasteiger partial charge in [-0.25, -0.2) is 9.78 Å². The molecule has 1 aliphatic heterocycles. The highest BCUT2D eigenvalue weighted by atomic mass is 32.1. The fourth-order valence-electron chi connectivity index (χ4n) is 2.06. The van der Waals surface area contributed by atoms with E-state index in [0.717, 1.165) is 0 Å². The lowest BCUT2D eigenvalue weighted by Crippen LogP contribution is -2.48. The van der Waals surface area contributed by atoms with Crippen LogP contribution in [0.1, 0.15) is 6.92 Å². The van der Waals surface area contributed by atoms with Crippen LogP contribution in [-0.4, -0.2) is 52.8 Å². The predicted octanol–water partition coefficient (Wildman–Crippen LogP) is 1.10. The van der Waals surface area contributed by atoms with E-state index in [0.29, 0.717) is 11.7 Å². The Labute approximate surface area is 114 Å². The number of hydrogen-bond acceptors (Lipinski definition) is 5. The lowest BCUT2D eigenvalue weighted by Gasteiger charge is -2.28. The molecule has 1 aromatic rings. The zero-order valence-corrected chi connectivity index (χ0v) is 11.2.